The maximum atomic E-state index is 7.43. The van der Waals surface area contributed by atoms with Crippen molar-refractivity contribution >= 4 is 15.7 Å². The number of halogens is 1. The molecular formula is C2H6B2ClN2NaZn. The minimum Gasteiger partial charge on any atom is -1.00 e. The second-order valence-electron chi connectivity index (χ2n) is 0. The van der Waals surface area contributed by atoms with Crippen molar-refractivity contribution in [2.24, 2.45) is 0 Å². The van der Waals surface area contributed by atoms with E-state index in [2.05, 4.69) is 0 Å². The van der Waals surface area contributed by atoms with Gasteiger partial charge in [-0.25, -0.2) is 0 Å². The first-order chi connectivity index (χ1) is 2.83. The van der Waals surface area contributed by atoms with Crippen LogP contribution in [0.5, 0.6) is 0 Å². The standard InChI is InChI=1S/2CH3BN.ClH.Na.Zn/c2*2-1-3;;;/h2*2H3;1H;;/q2*-1;;+1;+2/p-1. The van der Waals surface area contributed by atoms with Gasteiger partial charge in [-0.05, 0) is 0 Å². The van der Waals surface area contributed by atoms with Crippen LogP contribution in [0.4, 0.5) is 0 Å². The summed E-state index contributed by atoms with van der Waals surface area (Å²) in [5, 5.41) is 14.9. The van der Waals surface area contributed by atoms with Gasteiger partial charge in [-0.1, -0.05) is 0 Å². The predicted molar refractivity (Wildman–Crippen MR) is 31.1 cm³/mol. The molecule has 0 unspecified atom stereocenters. The molecule has 0 aromatic heterocycles. The average Bonchev–Trinajstić information content (AvgIpc) is 1.39. The summed E-state index contributed by atoms with van der Waals surface area (Å²) in [6.45, 7) is 0. The molecule has 0 heterocycles. The molecule has 0 aliphatic heterocycles. The van der Waals surface area contributed by atoms with Crippen LogP contribution in [0, 0.1) is 22.5 Å². The first-order valence-electron chi connectivity index (χ1n) is 0.447. The first kappa shape index (κ1) is 32.3. The maximum Gasteiger partial charge on any atom is 2.00 e. The van der Waals surface area contributed by atoms with E-state index in [4.69, 9.17) is 10.5 Å². The fraction of sp³-hybridized carbons (Fsp3) is 0. The van der Waals surface area contributed by atoms with E-state index in [1.54, 1.807) is 0 Å². The first-order valence-corrected chi connectivity index (χ1v) is 0.447. The zero-order chi connectivity index (χ0) is 5.41. The summed E-state index contributed by atoms with van der Waals surface area (Å²) in [6, 6.07) is 0. The van der Waals surface area contributed by atoms with E-state index in [-0.39, 0.29) is 77.1 Å². The second kappa shape index (κ2) is 63.6. The summed E-state index contributed by atoms with van der Waals surface area (Å²) < 4.78 is 0. The zero-order valence-corrected chi connectivity index (χ0v) is 9.70. The third kappa shape index (κ3) is 425. The molecule has 9 heavy (non-hydrogen) atoms. The molecule has 0 amide bonds. The number of nitrogens with zero attached hydrogens (tertiary/aromatic N) is 2. The van der Waals surface area contributed by atoms with Gasteiger partial charge < -0.3 is 12.4 Å². The third-order valence-corrected chi connectivity index (χ3v) is 0. The smallest absolute Gasteiger partial charge is 1.00 e. The van der Waals surface area contributed by atoms with Crippen LogP contribution in [-0.2, 0) is 19.5 Å². The van der Waals surface area contributed by atoms with Crippen LogP contribution in [0.1, 0.15) is 0 Å². The van der Waals surface area contributed by atoms with Crippen LogP contribution in [0.3, 0.4) is 0 Å². The molecular weight excluding hydrogens is 197 g/mol. The zero-order valence-electron chi connectivity index (χ0n) is 3.98. The van der Waals surface area contributed by atoms with Crippen molar-refractivity contribution in [3.05, 3.63) is 0 Å². The van der Waals surface area contributed by atoms with E-state index in [0.717, 1.165) is 0 Å². The Hall–Kier alpha value is 1.02. The molecule has 0 aliphatic rings. The SMILES string of the molecule is [BH3-]C#N.[BH3-]C#N.[Cl-].[Na+].[Zn+2]. The fourth-order valence-corrected chi connectivity index (χ4v) is 0. The molecule has 40 valence electrons. The number of rotatable bonds is 0. The molecule has 2 nitrogen and oxygen atoms in total. The number of nitriles is 2. The van der Waals surface area contributed by atoms with Crippen LogP contribution < -0.4 is 42.0 Å². The van der Waals surface area contributed by atoms with E-state index in [1.165, 1.54) is 0 Å². The van der Waals surface area contributed by atoms with Crippen LogP contribution in [-0.4, -0.2) is 15.7 Å². The van der Waals surface area contributed by atoms with Gasteiger partial charge in [0.05, 0.1) is 15.7 Å². The van der Waals surface area contributed by atoms with Crippen LogP contribution in [0.25, 0.3) is 0 Å². The van der Waals surface area contributed by atoms with Gasteiger partial charge in [-0.3, -0.25) is 10.5 Å². The summed E-state index contributed by atoms with van der Waals surface area (Å²) in [6.07, 6.45) is 0. The average molecular weight is 204 g/mol. The Morgan fingerprint density at radius 2 is 1.00 bits per heavy atom. The van der Waals surface area contributed by atoms with Crippen molar-refractivity contribution in [3.63, 3.8) is 0 Å². The second-order valence-corrected chi connectivity index (χ2v) is 0. The summed E-state index contributed by atoms with van der Waals surface area (Å²) in [7, 11) is 0.139. The van der Waals surface area contributed by atoms with E-state index in [1.807, 2.05) is 11.9 Å². The third-order valence-electron chi connectivity index (χ3n) is 0. The van der Waals surface area contributed by atoms with Gasteiger partial charge in [0.15, 0.2) is 0 Å². The molecule has 0 spiro atoms. The number of hydrogen-bond donors (Lipinski definition) is 0. The maximum absolute atomic E-state index is 7.43. The van der Waals surface area contributed by atoms with E-state index < -0.39 is 0 Å². The Morgan fingerprint density at radius 3 is 1.00 bits per heavy atom. The molecule has 0 aliphatic carbocycles. The fourth-order valence-electron chi connectivity index (χ4n) is 0. The van der Waals surface area contributed by atoms with Crippen molar-refractivity contribution in [1.29, 1.82) is 10.5 Å². The van der Waals surface area contributed by atoms with E-state index in [9.17, 15) is 0 Å². The van der Waals surface area contributed by atoms with Gasteiger partial charge in [-0.15, -0.1) is 0 Å². The summed E-state index contributed by atoms with van der Waals surface area (Å²) in [5.74, 6) is 4.00. The molecule has 0 N–H and O–H groups in total. The van der Waals surface area contributed by atoms with Gasteiger partial charge in [-0.2, -0.15) is 11.9 Å². The Balaban J connectivity index is -0.00000000889. The van der Waals surface area contributed by atoms with Crippen molar-refractivity contribution < 1.29 is 61.4 Å². The van der Waals surface area contributed by atoms with Crippen molar-refractivity contribution in [2.45, 2.75) is 0 Å². The summed E-state index contributed by atoms with van der Waals surface area (Å²) in [4.78, 5) is 0. The Bertz CT molecular complexity index is 77.5. The van der Waals surface area contributed by atoms with Crippen molar-refractivity contribution in [1.82, 2.24) is 0 Å². The quantitative estimate of drug-likeness (QED) is 0.367. The molecule has 0 aromatic rings. The normalized spacial score (nSPS) is 1.78. The largest absolute Gasteiger partial charge is 2.00 e. The summed E-state index contributed by atoms with van der Waals surface area (Å²) in [5.41, 5.74) is 0. The summed E-state index contributed by atoms with van der Waals surface area (Å²) >= 11 is 0. The van der Waals surface area contributed by atoms with Crippen LogP contribution >= 0.6 is 0 Å². The van der Waals surface area contributed by atoms with E-state index in [0.29, 0.717) is 0 Å². The minimum atomic E-state index is 0. The molecule has 0 radical (unpaired) electrons. The Morgan fingerprint density at radius 1 is 1.00 bits per heavy atom. The predicted octanol–water partition coefficient (Wildman–Crippen LogP) is -8.33. The molecule has 0 saturated heterocycles. The minimum absolute atomic E-state index is 0. The van der Waals surface area contributed by atoms with Gasteiger partial charge in [0.2, 0.25) is 0 Å². The van der Waals surface area contributed by atoms with Crippen LogP contribution in [0.15, 0.2) is 0 Å². The van der Waals surface area contributed by atoms with Crippen molar-refractivity contribution in [2.75, 3.05) is 0 Å². The molecule has 0 bridgehead atoms. The molecule has 0 fully saturated rings. The van der Waals surface area contributed by atoms with Gasteiger partial charge in [0.1, 0.15) is 0 Å². The number of hydrogen-bond acceptors (Lipinski definition) is 2. The monoisotopic (exact) mass is 202 g/mol. The molecule has 0 aromatic carbocycles. The molecule has 7 heteroatoms. The molecule has 0 rings (SSSR count). The van der Waals surface area contributed by atoms with Crippen molar-refractivity contribution in [3.8, 4) is 11.9 Å². The van der Waals surface area contributed by atoms with Crippen LogP contribution in [0.2, 0.25) is 0 Å². The van der Waals surface area contributed by atoms with Gasteiger partial charge in [0, 0.05) is 0 Å². The topological polar surface area (TPSA) is 47.6 Å². The molecule has 0 atom stereocenters. The van der Waals surface area contributed by atoms with Gasteiger partial charge >= 0.3 is 49.0 Å². The van der Waals surface area contributed by atoms with Gasteiger partial charge in [0.25, 0.3) is 0 Å². The van der Waals surface area contributed by atoms with E-state index >= 15 is 0 Å². The Labute approximate surface area is 98.6 Å². The Kier molecular flexibility index (Phi) is 228. The molecule has 0 saturated carbocycles.